The first-order valence-electron chi connectivity index (χ1n) is 6.85. The van der Waals surface area contributed by atoms with Gasteiger partial charge < -0.3 is 15.0 Å². The quantitative estimate of drug-likeness (QED) is 0.800. The van der Waals surface area contributed by atoms with Gasteiger partial charge in [0.1, 0.15) is 0 Å². The first-order chi connectivity index (χ1) is 8.27. The smallest absolute Gasteiger partial charge is 0.222 e. The topological polar surface area (TPSA) is 41.6 Å². The monoisotopic (exact) mass is 240 g/mol. The van der Waals surface area contributed by atoms with E-state index in [1.807, 2.05) is 4.90 Å². The van der Waals surface area contributed by atoms with Gasteiger partial charge in [0.15, 0.2) is 0 Å². The second kappa shape index (κ2) is 6.36. The fourth-order valence-electron chi connectivity index (χ4n) is 2.72. The highest BCUT2D eigenvalue weighted by Crippen LogP contribution is 2.20. The van der Waals surface area contributed by atoms with Crippen molar-refractivity contribution in [3.63, 3.8) is 0 Å². The summed E-state index contributed by atoms with van der Waals surface area (Å²) in [4.78, 5) is 14.2. The number of piperazine rings is 1. The SMILES string of the molecule is CC1CNCCN1C(=O)CCC1CCOCC1. The molecule has 98 valence electrons. The molecule has 0 bridgehead atoms. The summed E-state index contributed by atoms with van der Waals surface area (Å²) in [5, 5.41) is 3.31. The van der Waals surface area contributed by atoms with Crippen LogP contribution in [0.2, 0.25) is 0 Å². The molecule has 2 aliphatic rings. The van der Waals surface area contributed by atoms with Crippen LogP contribution in [0.25, 0.3) is 0 Å². The van der Waals surface area contributed by atoms with Gasteiger partial charge in [-0.05, 0) is 32.1 Å². The minimum Gasteiger partial charge on any atom is -0.381 e. The van der Waals surface area contributed by atoms with Crippen molar-refractivity contribution in [3.05, 3.63) is 0 Å². The number of hydrogen-bond acceptors (Lipinski definition) is 3. The highest BCUT2D eigenvalue weighted by molar-refractivity contribution is 5.76. The van der Waals surface area contributed by atoms with E-state index in [0.29, 0.717) is 17.9 Å². The second-order valence-corrected chi connectivity index (χ2v) is 5.23. The fourth-order valence-corrected chi connectivity index (χ4v) is 2.72. The Morgan fingerprint density at radius 1 is 1.41 bits per heavy atom. The minimum absolute atomic E-state index is 0.338. The van der Waals surface area contributed by atoms with Crippen molar-refractivity contribution in [2.24, 2.45) is 5.92 Å². The van der Waals surface area contributed by atoms with Gasteiger partial charge in [-0.25, -0.2) is 0 Å². The van der Waals surface area contributed by atoms with Gasteiger partial charge in [0, 0.05) is 45.3 Å². The zero-order chi connectivity index (χ0) is 12.1. The van der Waals surface area contributed by atoms with E-state index in [9.17, 15) is 4.79 Å². The summed E-state index contributed by atoms with van der Waals surface area (Å²) >= 11 is 0. The van der Waals surface area contributed by atoms with Crippen LogP contribution in [0.1, 0.15) is 32.6 Å². The largest absolute Gasteiger partial charge is 0.381 e. The molecular formula is C13H24N2O2. The lowest BCUT2D eigenvalue weighted by Crippen LogP contribution is -2.52. The number of rotatable bonds is 3. The molecule has 0 aromatic heterocycles. The molecule has 4 heteroatoms. The van der Waals surface area contributed by atoms with Crippen molar-refractivity contribution in [3.8, 4) is 0 Å². The van der Waals surface area contributed by atoms with E-state index >= 15 is 0 Å². The van der Waals surface area contributed by atoms with Crippen LogP contribution in [-0.4, -0.2) is 49.7 Å². The van der Waals surface area contributed by atoms with Crippen molar-refractivity contribution in [1.29, 1.82) is 0 Å². The first kappa shape index (κ1) is 12.8. The maximum Gasteiger partial charge on any atom is 0.222 e. The number of hydrogen-bond donors (Lipinski definition) is 1. The van der Waals surface area contributed by atoms with E-state index in [1.54, 1.807) is 0 Å². The Kier molecular flexibility index (Phi) is 4.80. The van der Waals surface area contributed by atoms with Crippen LogP contribution in [0.15, 0.2) is 0 Å². The van der Waals surface area contributed by atoms with Crippen molar-refractivity contribution in [1.82, 2.24) is 10.2 Å². The van der Waals surface area contributed by atoms with Crippen molar-refractivity contribution >= 4 is 5.91 Å². The van der Waals surface area contributed by atoms with E-state index in [0.717, 1.165) is 58.5 Å². The summed E-state index contributed by atoms with van der Waals surface area (Å²) in [6.45, 7) is 6.62. The molecule has 0 spiro atoms. The molecule has 0 radical (unpaired) electrons. The molecule has 0 aromatic rings. The molecule has 1 atom stereocenters. The van der Waals surface area contributed by atoms with Gasteiger partial charge in [-0.3, -0.25) is 4.79 Å². The Bertz CT molecular complexity index is 252. The number of carbonyl (C=O) groups excluding carboxylic acids is 1. The Morgan fingerprint density at radius 2 is 2.18 bits per heavy atom. The lowest BCUT2D eigenvalue weighted by atomic mass is 9.94. The molecule has 2 aliphatic heterocycles. The Hall–Kier alpha value is -0.610. The van der Waals surface area contributed by atoms with Crippen LogP contribution < -0.4 is 5.32 Å². The third-order valence-electron chi connectivity index (χ3n) is 3.93. The van der Waals surface area contributed by atoms with Crippen LogP contribution in [0.3, 0.4) is 0 Å². The molecular weight excluding hydrogens is 216 g/mol. The highest BCUT2D eigenvalue weighted by Gasteiger charge is 2.23. The van der Waals surface area contributed by atoms with Gasteiger partial charge in [-0.1, -0.05) is 0 Å². The Labute approximate surface area is 104 Å². The zero-order valence-corrected chi connectivity index (χ0v) is 10.8. The van der Waals surface area contributed by atoms with Gasteiger partial charge in [0.2, 0.25) is 5.91 Å². The van der Waals surface area contributed by atoms with E-state index in [1.165, 1.54) is 0 Å². The predicted octanol–water partition coefficient (Wildman–Crippen LogP) is 1.01. The molecule has 2 fully saturated rings. The summed E-state index contributed by atoms with van der Waals surface area (Å²) in [5.74, 6) is 1.04. The molecule has 1 unspecified atom stereocenters. The van der Waals surface area contributed by atoms with Crippen LogP contribution >= 0.6 is 0 Å². The van der Waals surface area contributed by atoms with Gasteiger partial charge in [-0.15, -0.1) is 0 Å². The standard InChI is InChI=1S/C13H24N2O2/c1-11-10-14-6-7-15(11)13(16)3-2-12-4-8-17-9-5-12/h11-12,14H,2-10H2,1H3. The summed E-state index contributed by atoms with van der Waals surface area (Å²) < 4.78 is 5.34. The zero-order valence-electron chi connectivity index (χ0n) is 10.8. The maximum absolute atomic E-state index is 12.1. The number of ether oxygens (including phenoxy) is 1. The minimum atomic E-state index is 0.338. The summed E-state index contributed by atoms with van der Waals surface area (Å²) in [7, 11) is 0. The number of nitrogens with zero attached hydrogens (tertiary/aromatic N) is 1. The highest BCUT2D eigenvalue weighted by atomic mass is 16.5. The van der Waals surface area contributed by atoms with Crippen LogP contribution in [0, 0.1) is 5.92 Å². The van der Waals surface area contributed by atoms with Crippen LogP contribution in [0.5, 0.6) is 0 Å². The number of carbonyl (C=O) groups is 1. The van der Waals surface area contributed by atoms with Crippen molar-refractivity contribution < 1.29 is 9.53 Å². The van der Waals surface area contributed by atoms with Gasteiger partial charge >= 0.3 is 0 Å². The molecule has 0 aromatic carbocycles. The molecule has 4 nitrogen and oxygen atoms in total. The van der Waals surface area contributed by atoms with E-state index in [-0.39, 0.29) is 0 Å². The number of nitrogens with one attached hydrogen (secondary N) is 1. The summed E-state index contributed by atoms with van der Waals surface area (Å²) in [6, 6.07) is 0.353. The lowest BCUT2D eigenvalue weighted by molar-refractivity contribution is -0.134. The molecule has 0 saturated carbocycles. The molecule has 2 rings (SSSR count). The lowest BCUT2D eigenvalue weighted by Gasteiger charge is -2.34. The van der Waals surface area contributed by atoms with Crippen LogP contribution in [-0.2, 0) is 9.53 Å². The second-order valence-electron chi connectivity index (χ2n) is 5.23. The number of amides is 1. The van der Waals surface area contributed by atoms with E-state index in [4.69, 9.17) is 4.74 Å². The normalized spacial score (nSPS) is 27.1. The molecule has 2 saturated heterocycles. The molecule has 2 heterocycles. The molecule has 1 N–H and O–H groups in total. The first-order valence-corrected chi connectivity index (χ1v) is 6.85. The Morgan fingerprint density at radius 3 is 2.88 bits per heavy atom. The molecule has 1 amide bonds. The molecule has 0 aliphatic carbocycles. The van der Waals surface area contributed by atoms with Gasteiger partial charge in [0.25, 0.3) is 0 Å². The van der Waals surface area contributed by atoms with Gasteiger partial charge in [0.05, 0.1) is 0 Å². The van der Waals surface area contributed by atoms with Crippen molar-refractivity contribution in [2.45, 2.75) is 38.6 Å². The predicted molar refractivity (Wildman–Crippen MR) is 66.8 cm³/mol. The van der Waals surface area contributed by atoms with E-state index in [2.05, 4.69) is 12.2 Å². The Balaban J connectivity index is 1.72. The summed E-state index contributed by atoms with van der Waals surface area (Å²) in [5.41, 5.74) is 0. The molecule has 17 heavy (non-hydrogen) atoms. The summed E-state index contributed by atoms with van der Waals surface area (Å²) in [6.07, 6.45) is 4.02. The van der Waals surface area contributed by atoms with Crippen LogP contribution in [0.4, 0.5) is 0 Å². The fraction of sp³-hybridized carbons (Fsp3) is 0.923. The van der Waals surface area contributed by atoms with Crippen molar-refractivity contribution in [2.75, 3.05) is 32.8 Å². The average Bonchev–Trinajstić information content (AvgIpc) is 2.38. The third-order valence-corrected chi connectivity index (χ3v) is 3.93. The third kappa shape index (κ3) is 3.68. The van der Waals surface area contributed by atoms with Gasteiger partial charge in [-0.2, -0.15) is 0 Å². The maximum atomic E-state index is 12.1. The average molecular weight is 240 g/mol. The van der Waals surface area contributed by atoms with E-state index < -0.39 is 0 Å².